The van der Waals surface area contributed by atoms with Crippen LogP contribution in [0.4, 0.5) is 10.1 Å². The Labute approximate surface area is 330 Å². The molecule has 1 amide bonds. The van der Waals surface area contributed by atoms with Crippen LogP contribution in [0.25, 0.3) is 0 Å². The van der Waals surface area contributed by atoms with Crippen LogP contribution in [0.15, 0.2) is 48.6 Å². The Bertz CT molecular complexity index is 1880. The van der Waals surface area contributed by atoms with Crippen molar-refractivity contribution in [2.75, 3.05) is 57.9 Å². The quantitative estimate of drug-likeness (QED) is 0.285. The number of sulfonamides is 1. The number of anilines is 1. The van der Waals surface area contributed by atoms with Crippen LogP contribution in [-0.2, 0) is 31.4 Å². The van der Waals surface area contributed by atoms with Crippen molar-refractivity contribution >= 4 is 39.5 Å². The monoisotopic (exact) mass is 798 g/mol. The maximum absolute atomic E-state index is 13.4. The van der Waals surface area contributed by atoms with Crippen molar-refractivity contribution in [2.24, 2.45) is 17.8 Å². The summed E-state index contributed by atoms with van der Waals surface area (Å²) < 4.78 is 54.2. The molecule has 6 aliphatic rings. The Morgan fingerprint density at radius 1 is 1.11 bits per heavy atom. The summed E-state index contributed by atoms with van der Waals surface area (Å²) in [6.45, 7) is 9.31. The smallest absolute Gasteiger partial charge is 0.264 e. The van der Waals surface area contributed by atoms with Gasteiger partial charge in [-0.05, 0) is 118 Å². The molecule has 2 N–H and O–H groups in total. The number of amides is 1. The topological polar surface area (TPSA) is 117 Å². The molecule has 1 saturated carbocycles. The van der Waals surface area contributed by atoms with E-state index >= 15 is 0 Å². The highest BCUT2D eigenvalue weighted by Crippen LogP contribution is 2.48. The molecule has 2 bridgehead atoms. The lowest BCUT2D eigenvalue weighted by atomic mass is 9.64. The summed E-state index contributed by atoms with van der Waals surface area (Å²) in [5, 5.41) is 3.17. The van der Waals surface area contributed by atoms with Crippen LogP contribution >= 0.6 is 11.6 Å². The number of carbonyl (C=O) groups excluding carboxylic acids is 2. The first-order chi connectivity index (χ1) is 26.4. The van der Waals surface area contributed by atoms with Gasteiger partial charge in [0.05, 0.1) is 17.5 Å². The van der Waals surface area contributed by atoms with E-state index in [1.54, 1.807) is 32.2 Å². The van der Waals surface area contributed by atoms with Gasteiger partial charge < -0.3 is 19.7 Å². The van der Waals surface area contributed by atoms with Crippen molar-refractivity contribution in [2.45, 2.75) is 93.7 Å². The van der Waals surface area contributed by atoms with Crippen LogP contribution in [0.3, 0.4) is 0 Å². The number of rotatable bonds is 2. The molecule has 300 valence electrons. The number of piperidine rings is 1. The Balaban J connectivity index is 0.000000360. The fourth-order valence-corrected chi connectivity index (χ4v) is 11.2. The van der Waals surface area contributed by atoms with E-state index in [1.165, 1.54) is 11.1 Å². The van der Waals surface area contributed by atoms with E-state index in [0.717, 1.165) is 83.1 Å². The number of carbonyl (C=O) groups is 2. The summed E-state index contributed by atoms with van der Waals surface area (Å²) in [4.78, 5) is 30.8. The number of aldehydes is 1. The lowest BCUT2D eigenvalue weighted by Gasteiger charge is -2.48. The average Bonchev–Trinajstić information content (AvgIpc) is 3.31. The van der Waals surface area contributed by atoms with Gasteiger partial charge in [0.1, 0.15) is 17.5 Å². The molecule has 55 heavy (non-hydrogen) atoms. The molecule has 10 nitrogen and oxygen atoms in total. The average molecular weight is 799 g/mol. The molecule has 2 aromatic carbocycles. The minimum Gasteiger partial charge on any atom is -0.490 e. The normalized spacial score (nSPS) is 35.1. The lowest BCUT2D eigenvalue weighted by molar-refractivity contribution is -0.135. The number of hydrogen-bond acceptors (Lipinski definition) is 9. The molecule has 2 saturated heterocycles. The number of piperazine rings is 1. The molecule has 4 heterocycles. The van der Waals surface area contributed by atoms with Crippen LogP contribution < -0.4 is 19.7 Å². The molecule has 13 heteroatoms. The highest BCUT2D eigenvalue weighted by molar-refractivity contribution is 7.90. The third kappa shape index (κ3) is 8.22. The largest absolute Gasteiger partial charge is 0.490 e. The number of methoxy groups -OCH3 is 1. The van der Waals surface area contributed by atoms with Gasteiger partial charge in [-0.15, -0.1) is 0 Å². The minimum atomic E-state index is -3.97. The van der Waals surface area contributed by atoms with Gasteiger partial charge in [-0.25, -0.2) is 17.5 Å². The van der Waals surface area contributed by atoms with E-state index in [-0.39, 0.29) is 28.7 Å². The molecule has 3 fully saturated rings. The second kappa shape index (κ2) is 16.4. The highest BCUT2D eigenvalue weighted by Gasteiger charge is 2.49. The highest BCUT2D eigenvalue weighted by atomic mass is 35.5. The van der Waals surface area contributed by atoms with Gasteiger partial charge in [-0.2, -0.15) is 0 Å². The molecular weight excluding hydrogens is 743 g/mol. The van der Waals surface area contributed by atoms with E-state index in [2.05, 4.69) is 32.0 Å². The number of benzene rings is 2. The number of nitrogens with zero attached hydrogens (tertiary/aromatic N) is 2. The van der Waals surface area contributed by atoms with E-state index in [0.29, 0.717) is 42.9 Å². The van der Waals surface area contributed by atoms with Crippen LogP contribution in [0.2, 0.25) is 5.02 Å². The molecular formula is C42H56ClFN4O6S. The van der Waals surface area contributed by atoms with Crippen molar-refractivity contribution < 1.29 is 31.9 Å². The van der Waals surface area contributed by atoms with E-state index in [1.807, 2.05) is 25.1 Å². The number of hydrogen-bond donors (Lipinski definition) is 2. The van der Waals surface area contributed by atoms with Gasteiger partial charge in [-0.1, -0.05) is 30.7 Å². The molecule has 8 atom stereocenters. The summed E-state index contributed by atoms with van der Waals surface area (Å²) in [5.41, 5.74) is 2.05. The number of fused-ring (bicyclic) bond motifs is 5. The molecule has 2 aromatic rings. The first kappa shape index (κ1) is 40.2. The number of allylic oxidation sites excluding steroid dienone is 1. The van der Waals surface area contributed by atoms with Gasteiger partial charge >= 0.3 is 0 Å². The summed E-state index contributed by atoms with van der Waals surface area (Å²) in [6, 6.07) is 11.8. The lowest BCUT2D eigenvalue weighted by Crippen LogP contribution is -2.55. The van der Waals surface area contributed by atoms with Gasteiger partial charge in [0.25, 0.3) is 5.91 Å². The number of aryl methyl sites for hydroxylation is 1. The maximum Gasteiger partial charge on any atom is 0.264 e. The molecule has 0 aromatic heterocycles. The third-order valence-corrected chi connectivity index (χ3v) is 15.6. The standard InChI is InChI=1S/C34H41ClN2O6S.C8H15FN2/c1-22-6-4-15-34(20-38,42-3)29-11-8-26(29)18-37-19-33(14-5-7-24-16-27(35)10-12-28(24)33)21-43-31-13-9-25(17-30(31)37)32(39)36-44(40,41)23(22)2;9-7-1-3-11-4-2-10-6-8(11)5-7/h4,9-10,12-13,15-17,20,22-23,26,29H,5-8,11,14,18-19,21H2,1-3H3,(H,36,39);7-8,10H,1-6H2/b15-4+;/t22-,23+,26-,29+,33-,34-;/m0./s1. The van der Waals surface area contributed by atoms with Crippen LogP contribution in [0, 0.1) is 17.8 Å². The third-order valence-electron chi connectivity index (χ3n) is 13.4. The van der Waals surface area contributed by atoms with Crippen molar-refractivity contribution in [3.05, 3.63) is 70.3 Å². The number of halogens is 2. The van der Waals surface area contributed by atoms with E-state index < -0.39 is 33.0 Å². The molecule has 2 unspecified atom stereocenters. The predicted octanol–water partition coefficient (Wildman–Crippen LogP) is 5.86. The molecule has 0 radical (unpaired) electrons. The predicted molar refractivity (Wildman–Crippen MR) is 213 cm³/mol. The minimum absolute atomic E-state index is 0.0434. The number of alkyl halides is 1. The van der Waals surface area contributed by atoms with Gasteiger partial charge in [-0.3, -0.25) is 14.5 Å². The number of nitrogens with one attached hydrogen (secondary N) is 2. The van der Waals surface area contributed by atoms with Crippen LogP contribution in [-0.4, -0.2) is 102 Å². The molecule has 4 aliphatic heterocycles. The fourth-order valence-electron chi connectivity index (χ4n) is 9.73. The van der Waals surface area contributed by atoms with E-state index in [9.17, 15) is 22.4 Å². The Morgan fingerprint density at radius 2 is 1.95 bits per heavy atom. The maximum atomic E-state index is 13.4. The molecule has 1 spiro atoms. The summed E-state index contributed by atoms with van der Waals surface area (Å²) in [6.07, 6.45) is 10.6. The summed E-state index contributed by atoms with van der Waals surface area (Å²) >= 11 is 6.40. The van der Waals surface area contributed by atoms with Crippen molar-refractivity contribution in [3.63, 3.8) is 0 Å². The van der Waals surface area contributed by atoms with Gasteiger partial charge in [0.2, 0.25) is 10.0 Å². The Morgan fingerprint density at radius 3 is 2.71 bits per heavy atom. The Kier molecular flexibility index (Phi) is 12.0. The van der Waals surface area contributed by atoms with Gasteiger partial charge in [0.15, 0.2) is 6.29 Å². The Hall–Kier alpha value is -3.03. The zero-order chi connectivity index (χ0) is 39.0. The molecule has 8 rings (SSSR count). The zero-order valence-electron chi connectivity index (χ0n) is 32.3. The second-order valence-corrected chi connectivity index (χ2v) is 19.2. The van der Waals surface area contributed by atoms with Crippen molar-refractivity contribution in [3.8, 4) is 5.75 Å². The number of ether oxygens (including phenoxy) is 2. The summed E-state index contributed by atoms with van der Waals surface area (Å²) in [7, 11) is -2.41. The van der Waals surface area contributed by atoms with Crippen LogP contribution in [0.1, 0.15) is 80.3 Å². The summed E-state index contributed by atoms with van der Waals surface area (Å²) in [5.74, 6) is -0.203. The second-order valence-electron chi connectivity index (χ2n) is 16.7. The van der Waals surface area contributed by atoms with E-state index in [4.69, 9.17) is 21.1 Å². The fraction of sp³-hybridized carbons (Fsp3) is 0.619. The molecule has 2 aliphatic carbocycles. The zero-order valence-corrected chi connectivity index (χ0v) is 33.8. The van der Waals surface area contributed by atoms with Gasteiger partial charge in [0, 0.05) is 74.3 Å². The van der Waals surface area contributed by atoms with Crippen molar-refractivity contribution in [1.29, 1.82) is 0 Å². The first-order valence-corrected chi connectivity index (χ1v) is 21.9. The van der Waals surface area contributed by atoms with Crippen molar-refractivity contribution in [1.82, 2.24) is 14.9 Å². The first-order valence-electron chi connectivity index (χ1n) is 20.0. The SMILES string of the molecule is CO[C@]1(C=O)/C=C/C[C@H](C)[C@@H](C)S(=O)(=O)NC(=O)c2ccc3c(c2)N(C[C@@H]2CC[C@H]21)C[C@@]1(CCCc2cc(Cl)ccc21)CO3.FC1CCN2CCNCC2C1. The van der Waals surface area contributed by atoms with Crippen LogP contribution in [0.5, 0.6) is 5.75 Å².